The van der Waals surface area contributed by atoms with E-state index < -0.39 is 17.5 Å². The van der Waals surface area contributed by atoms with Gasteiger partial charge in [0.05, 0.1) is 24.8 Å². The molecule has 1 fully saturated rings. The lowest BCUT2D eigenvalue weighted by Crippen LogP contribution is -2.60. The molecule has 1 saturated heterocycles. The van der Waals surface area contributed by atoms with Crippen molar-refractivity contribution >= 4 is 11.8 Å². The average molecular weight is 451 g/mol. The van der Waals surface area contributed by atoms with E-state index in [1.165, 1.54) is 12.1 Å². The average Bonchev–Trinajstić information content (AvgIpc) is 3.21. The van der Waals surface area contributed by atoms with Crippen molar-refractivity contribution in [1.82, 2.24) is 20.9 Å². The van der Waals surface area contributed by atoms with Crippen LogP contribution >= 0.6 is 0 Å². The summed E-state index contributed by atoms with van der Waals surface area (Å²) >= 11 is 0. The number of nitrogens with zero attached hydrogens (tertiary/aromatic N) is 1. The van der Waals surface area contributed by atoms with Gasteiger partial charge < -0.3 is 25.6 Å². The van der Waals surface area contributed by atoms with Gasteiger partial charge in [0.2, 0.25) is 11.8 Å². The van der Waals surface area contributed by atoms with Crippen LogP contribution in [0.25, 0.3) is 0 Å². The summed E-state index contributed by atoms with van der Waals surface area (Å²) in [6.07, 6.45) is 0.605. The van der Waals surface area contributed by atoms with Gasteiger partial charge >= 0.3 is 0 Å². The van der Waals surface area contributed by atoms with Gasteiger partial charge in [-0.1, -0.05) is 39.8 Å². The Hall–Kier alpha value is -2.03. The van der Waals surface area contributed by atoms with E-state index >= 15 is 0 Å². The molecule has 2 amide bonds. The molecule has 0 aromatic heterocycles. The highest BCUT2D eigenvalue weighted by molar-refractivity contribution is 5.90. The summed E-state index contributed by atoms with van der Waals surface area (Å²) in [6, 6.07) is 5.04. The second kappa shape index (κ2) is 11.7. The molecule has 1 aromatic rings. The van der Waals surface area contributed by atoms with E-state index in [0.29, 0.717) is 26.2 Å². The largest absolute Gasteiger partial charge is 0.370 e. The minimum atomic E-state index is -0.657. The highest BCUT2D eigenvalue weighted by atomic mass is 19.1. The Kier molecular flexibility index (Phi) is 9.61. The Morgan fingerprint density at radius 1 is 1.25 bits per heavy atom. The van der Waals surface area contributed by atoms with Crippen LogP contribution in [-0.4, -0.2) is 67.6 Å². The van der Waals surface area contributed by atoms with Crippen LogP contribution < -0.4 is 16.0 Å². The third-order valence-electron chi connectivity index (χ3n) is 5.88. The summed E-state index contributed by atoms with van der Waals surface area (Å²) in [5, 5.41) is 9.21. The fraction of sp³-hybridized carbons (Fsp3) is 0.667. The van der Waals surface area contributed by atoms with E-state index in [9.17, 15) is 14.0 Å². The molecule has 8 heteroatoms. The standard InChI is InChI=1S/C24H39FN4O3/c1-7-12-29(23(31)21(24(3,4)5)28-22(30)16(2)26-6)19-13-27-14-20(19)32-15-17-8-10-18(25)11-9-17/h8-11,16,19-21,26-27H,7,12-15H2,1-6H3,(H,28,30). The molecule has 0 radical (unpaired) electrons. The molecule has 0 bridgehead atoms. The number of nitrogens with one attached hydrogen (secondary N) is 3. The first-order valence-corrected chi connectivity index (χ1v) is 11.4. The van der Waals surface area contributed by atoms with Crippen molar-refractivity contribution in [3.63, 3.8) is 0 Å². The molecule has 1 aliphatic heterocycles. The highest BCUT2D eigenvalue weighted by Crippen LogP contribution is 2.24. The number of carbonyl (C=O) groups is 2. The van der Waals surface area contributed by atoms with Crippen molar-refractivity contribution < 1.29 is 18.7 Å². The minimum absolute atomic E-state index is 0.0971. The number of ether oxygens (including phenoxy) is 1. The molecule has 180 valence electrons. The molecule has 1 aliphatic rings. The monoisotopic (exact) mass is 450 g/mol. The molecular weight excluding hydrogens is 411 g/mol. The van der Waals surface area contributed by atoms with Gasteiger partial charge in [0, 0.05) is 19.6 Å². The van der Waals surface area contributed by atoms with E-state index in [-0.39, 0.29) is 29.8 Å². The first-order valence-electron chi connectivity index (χ1n) is 11.4. The van der Waals surface area contributed by atoms with Crippen LogP contribution in [0.3, 0.4) is 0 Å². The summed E-state index contributed by atoms with van der Waals surface area (Å²) in [4.78, 5) is 28.2. The molecule has 32 heavy (non-hydrogen) atoms. The van der Waals surface area contributed by atoms with E-state index in [0.717, 1.165) is 12.0 Å². The van der Waals surface area contributed by atoms with Crippen LogP contribution in [0.15, 0.2) is 24.3 Å². The van der Waals surface area contributed by atoms with Crippen LogP contribution in [0.4, 0.5) is 4.39 Å². The van der Waals surface area contributed by atoms with Crippen LogP contribution in [0, 0.1) is 11.2 Å². The topological polar surface area (TPSA) is 82.7 Å². The SMILES string of the molecule is CCCN(C(=O)C(NC(=O)C(C)NC)C(C)(C)C)C1CNCC1OCc1ccc(F)cc1. The number of hydrogen-bond donors (Lipinski definition) is 3. The maximum Gasteiger partial charge on any atom is 0.246 e. The third-order valence-corrected chi connectivity index (χ3v) is 5.88. The van der Waals surface area contributed by atoms with Gasteiger partial charge in [0.25, 0.3) is 0 Å². The molecular formula is C24H39FN4O3. The van der Waals surface area contributed by atoms with Crippen molar-refractivity contribution in [1.29, 1.82) is 0 Å². The Morgan fingerprint density at radius 3 is 2.47 bits per heavy atom. The number of rotatable bonds is 10. The lowest BCUT2D eigenvalue weighted by atomic mass is 9.85. The van der Waals surface area contributed by atoms with E-state index in [1.54, 1.807) is 26.1 Å². The van der Waals surface area contributed by atoms with Crippen LogP contribution in [0.5, 0.6) is 0 Å². The molecule has 1 heterocycles. The molecule has 7 nitrogen and oxygen atoms in total. The quantitative estimate of drug-likeness (QED) is 0.508. The fourth-order valence-corrected chi connectivity index (χ4v) is 3.80. The van der Waals surface area contributed by atoms with Gasteiger partial charge in [0.1, 0.15) is 11.9 Å². The molecule has 1 aromatic carbocycles. The molecule has 4 unspecified atom stereocenters. The minimum Gasteiger partial charge on any atom is -0.370 e. The maximum absolute atomic E-state index is 13.7. The third kappa shape index (κ3) is 6.98. The summed E-state index contributed by atoms with van der Waals surface area (Å²) in [5.74, 6) is -0.581. The zero-order valence-electron chi connectivity index (χ0n) is 20.2. The van der Waals surface area contributed by atoms with Gasteiger partial charge in [0.15, 0.2) is 0 Å². The Morgan fingerprint density at radius 2 is 1.91 bits per heavy atom. The van der Waals surface area contributed by atoms with Gasteiger partial charge in [-0.25, -0.2) is 4.39 Å². The summed E-state index contributed by atoms with van der Waals surface area (Å²) in [7, 11) is 1.72. The van der Waals surface area contributed by atoms with Crippen molar-refractivity contribution in [2.24, 2.45) is 5.41 Å². The number of benzene rings is 1. The highest BCUT2D eigenvalue weighted by Gasteiger charge is 2.41. The summed E-state index contributed by atoms with van der Waals surface area (Å²) in [5.41, 5.74) is 0.425. The Balaban J connectivity index is 2.17. The first-order chi connectivity index (χ1) is 15.1. The first kappa shape index (κ1) is 26.2. The van der Waals surface area contributed by atoms with Crippen LogP contribution in [0.2, 0.25) is 0 Å². The molecule has 2 rings (SSSR count). The number of carbonyl (C=O) groups excluding carboxylic acids is 2. The lowest BCUT2D eigenvalue weighted by molar-refractivity contribution is -0.144. The Labute approximate surface area is 191 Å². The van der Waals surface area contributed by atoms with Gasteiger partial charge in [-0.05, 0) is 43.5 Å². The Bertz CT molecular complexity index is 751. The molecule has 3 N–H and O–H groups in total. The fourth-order valence-electron chi connectivity index (χ4n) is 3.80. The summed E-state index contributed by atoms with van der Waals surface area (Å²) in [6.45, 7) is 11.8. The predicted molar refractivity (Wildman–Crippen MR) is 124 cm³/mol. The second-order valence-electron chi connectivity index (χ2n) is 9.55. The maximum atomic E-state index is 13.7. The van der Waals surface area contributed by atoms with Crippen LogP contribution in [-0.2, 0) is 20.9 Å². The number of halogens is 1. The van der Waals surface area contributed by atoms with Gasteiger partial charge in [-0.15, -0.1) is 0 Å². The number of amides is 2. The van der Waals surface area contributed by atoms with E-state index in [4.69, 9.17) is 4.74 Å². The van der Waals surface area contributed by atoms with Crippen LogP contribution in [0.1, 0.15) is 46.6 Å². The van der Waals surface area contributed by atoms with Crippen molar-refractivity contribution in [2.45, 2.75) is 71.9 Å². The number of hydrogen-bond acceptors (Lipinski definition) is 5. The molecule has 0 saturated carbocycles. The number of likely N-dealkylation sites (N-methyl/N-ethyl adjacent to an activating group) is 1. The molecule has 4 atom stereocenters. The molecule has 0 aliphatic carbocycles. The molecule has 0 spiro atoms. The van der Waals surface area contributed by atoms with Gasteiger partial charge in [-0.3, -0.25) is 9.59 Å². The zero-order valence-corrected chi connectivity index (χ0v) is 20.2. The lowest BCUT2D eigenvalue weighted by Gasteiger charge is -2.39. The van der Waals surface area contributed by atoms with E-state index in [1.807, 2.05) is 32.6 Å². The van der Waals surface area contributed by atoms with Gasteiger partial charge in [-0.2, -0.15) is 0 Å². The normalized spacial score (nSPS) is 20.6. The predicted octanol–water partition coefficient (Wildman–Crippen LogP) is 2.06. The van der Waals surface area contributed by atoms with Crippen molar-refractivity contribution in [2.75, 3.05) is 26.7 Å². The smallest absolute Gasteiger partial charge is 0.246 e. The summed E-state index contributed by atoms with van der Waals surface area (Å²) < 4.78 is 19.3. The zero-order chi connectivity index (χ0) is 23.9. The van der Waals surface area contributed by atoms with Crippen molar-refractivity contribution in [3.05, 3.63) is 35.6 Å². The van der Waals surface area contributed by atoms with E-state index in [2.05, 4.69) is 16.0 Å². The van der Waals surface area contributed by atoms with Crippen molar-refractivity contribution in [3.8, 4) is 0 Å². The second-order valence-corrected chi connectivity index (χ2v) is 9.55.